The molecule has 0 fully saturated rings. The fourth-order valence-electron chi connectivity index (χ4n) is 1.08. The molecule has 70 valence electrons. The summed E-state index contributed by atoms with van der Waals surface area (Å²) in [5.74, 6) is -0.885. The van der Waals surface area contributed by atoms with E-state index in [1.807, 2.05) is 13.0 Å². The van der Waals surface area contributed by atoms with Crippen molar-refractivity contribution in [3.8, 4) is 0 Å². The van der Waals surface area contributed by atoms with Crippen LogP contribution in [0.1, 0.15) is 11.1 Å². The standard InChI is InChI=1S/C9H9IO3/c1-6-2-3-8(10-13)7(4-6)5-9(11)12/h2-4H,5H2,1H3,(H,11,12). The van der Waals surface area contributed by atoms with E-state index in [2.05, 4.69) is 0 Å². The highest BCUT2D eigenvalue weighted by molar-refractivity contribution is 14.1. The summed E-state index contributed by atoms with van der Waals surface area (Å²) >= 11 is -1.27. The first-order chi connectivity index (χ1) is 6.13. The van der Waals surface area contributed by atoms with Crippen LogP contribution >= 0.6 is 21.2 Å². The van der Waals surface area contributed by atoms with Gasteiger partial charge in [-0.2, -0.15) is 0 Å². The molecule has 1 aromatic carbocycles. The molecule has 0 saturated carbocycles. The molecule has 0 aliphatic carbocycles. The number of benzene rings is 1. The molecule has 0 bridgehead atoms. The second-order valence-corrected chi connectivity index (χ2v) is 4.35. The van der Waals surface area contributed by atoms with Gasteiger partial charge in [-0.1, -0.05) is 17.7 Å². The summed E-state index contributed by atoms with van der Waals surface area (Å²) < 4.78 is 11.4. The van der Waals surface area contributed by atoms with Gasteiger partial charge in [-0.25, -0.2) is 0 Å². The van der Waals surface area contributed by atoms with Crippen LogP contribution in [-0.4, -0.2) is 11.1 Å². The fourth-order valence-corrected chi connectivity index (χ4v) is 2.03. The molecule has 0 atom stereocenters. The van der Waals surface area contributed by atoms with Gasteiger partial charge in [0.15, 0.2) is 21.2 Å². The Morgan fingerprint density at radius 2 is 2.23 bits per heavy atom. The Kier molecular flexibility index (Phi) is 3.53. The number of hydrogen-bond acceptors (Lipinski definition) is 2. The quantitative estimate of drug-likeness (QED) is 0.868. The molecule has 4 heteroatoms. The molecule has 0 heterocycles. The minimum absolute atomic E-state index is 0.0427. The van der Waals surface area contributed by atoms with E-state index in [-0.39, 0.29) is 6.42 Å². The number of carbonyl (C=O) groups is 1. The van der Waals surface area contributed by atoms with E-state index in [0.29, 0.717) is 9.13 Å². The highest BCUT2D eigenvalue weighted by atomic mass is 127. The van der Waals surface area contributed by atoms with Crippen molar-refractivity contribution in [2.45, 2.75) is 13.3 Å². The Hall–Kier alpha value is -0.780. The average molecular weight is 292 g/mol. The molecule has 1 N–H and O–H groups in total. The maximum atomic E-state index is 10.8. The lowest BCUT2D eigenvalue weighted by atomic mass is 10.1. The third-order valence-electron chi connectivity index (χ3n) is 1.63. The van der Waals surface area contributed by atoms with Gasteiger partial charge in [0.2, 0.25) is 0 Å². The first kappa shape index (κ1) is 10.3. The third-order valence-corrected chi connectivity index (χ3v) is 3.15. The highest BCUT2D eigenvalue weighted by Gasteiger charge is 2.06. The monoisotopic (exact) mass is 292 g/mol. The number of carboxylic acid groups (broad SMARTS) is 1. The number of hydrogen-bond donors (Lipinski definition) is 1. The third kappa shape index (κ3) is 2.87. The molecule has 0 saturated heterocycles. The van der Waals surface area contributed by atoms with Crippen LogP contribution in [0.15, 0.2) is 18.2 Å². The number of rotatable bonds is 3. The van der Waals surface area contributed by atoms with Gasteiger partial charge >= 0.3 is 5.97 Å². The van der Waals surface area contributed by atoms with E-state index in [1.54, 1.807) is 12.1 Å². The molecule has 0 aliphatic rings. The molecular weight excluding hydrogens is 283 g/mol. The summed E-state index contributed by atoms with van der Waals surface area (Å²) in [5, 5.41) is 8.59. The predicted octanol–water partition coefficient (Wildman–Crippen LogP) is 2.11. The Morgan fingerprint density at radius 1 is 1.54 bits per heavy atom. The van der Waals surface area contributed by atoms with Crippen LogP contribution in [0.3, 0.4) is 0 Å². The van der Waals surface area contributed by atoms with Gasteiger partial charge in [-0.05, 0) is 18.6 Å². The first-order valence-electron chi connectivity index (χ1n) is 3.72. The number of carboxylic acids is 1. The predicted molar refractivity (Wildman–Crippen MR) is 55.9 cm³/mol. The zero-order chi connectivity index (χ0) is 9.84. The van der Waals surface area contributed by atoms with Gasteiger partial charge in [0.1, 0.15) is 0 Å². The lowest BCUT2D eigenvalue weighted by molar-refractivity contribution is -0.136. The summed E-state index contributed by atoms with van der Waals surface area (Å²) in [5.41, 5.74) is 1.67. The molecule has 0 radical (unpaired) electrons. The molecular formula is C9H9IO3. The van der Waals surface area contributed by atoms with Crippen LogP contribution < -0.4 is 0 Å². The van der Waals surface area contributed by atoms with E-state index in [4.69, 9.17) is 5.11 Å². The Bertz CT molecular complexity index is 347. The normalized spacial score (nSPS) is 9.92. The highest BCUT2D eigenvalue weighted by Crippen LogP contribution is 2.18. The molecule has 13 heavy (non-hydrogen) atoms. The lowest BCUT2D eigenvalue weighted by Gasteiger charge is -2.01. The van der Waals surface area contributed by atoms with Gasteiger partial charge in [0.05, 0.1) is 9.99 Å². The molecule has 1 rings (SSSR count). The largest absolute Gasteiger partial charge is 0.481 e. The molecule has 0 spiro atoms. The SMILES string of the molecule is Cc1ccc(I=O)c(CC(=O)O)c1. The van der Waals surface area contributed by atoms with E-state index in [9.17, 15) is 7.86 Å². The van der Waals surface area contributed by atoms with Crippen LogP contribution in [0.5, 0.6) is 0 Å². The molecule has 0 amide bonds. The van der Waals surface area contributed by atoms with Crippen LogP contribution in [0.25, 0.3) is 0 Å². The first-order valence-corrected chi connectivity index (χ1v) is 5.68. The van der Waals surface area contributed by atoms with Crippen LogP contribution in [0, 0.1) is 10.5 Å². The Morgan fingerprint density at radius 3 is 2.77 bits per heavy atom. The second kappa shape index (κ2) is 4.45. The van der Waals surface area contributed by atoms with Crippen molar-refractivity contribution in [3.63, 3.8) is 0 Å². The zero-order valence-electron chi connectivity index (χ0n) is 7.08. The van der Waals surface area contributed by atoms with Crippen LogP contribution in [0.4, 0.5) is 0 Å². The Labute approximate surface area is 86.4 Å². The molecule has 0 aliphatic heterocycles. The number of aliphatic carboxylic acids is 1. The van der Waals surface area contributed by atoms with Gasteiger partial charge in [0, 0.05) is 0 Å². The van der Waals surface area contributed by atoms with Crippen LogP contribution in [-0.2, 0) is 14.3 Å². The molecule has 0 aromatic heterocycles. The van der Waals surface area contributed by atoms with Crippen molar-refractivity contribution in [3.05, 3.63) is 32.9 Å². The fraction of sp³-hybridized carbons (Fsp3) is 0.222. The van der Waals surface area contributed by atoms with E-state index >= 15 is 0 Å². The minimum atomic E-state index is -1.27. The summed E-state index contributed by atoms with van der Waals surface area (Å²) in [6.07, 6.45) is -0.0427. The van der Waals surface area contributed by atoms with Crippen molar-refractivity contribution in [2.75, 3.05) is 0 Å². The molecule has 0 unspecified atom stereocenters. The van der Waals surface area contributed by atoms with Gasteiger partial charge in [-0.3, -0.25) is 7.86 Å². The van der Waals surface area contributed by atoms with E-state index < -0.39 is 27.2 Å². The Balaban J connectivity index is 3.07. The topological polar surface area (TPSA) is 54.4 Å². The van der Waals surface area contributed by atoms with E-state index in [1.165, 1.54) is 0 Å². The summed E-state index contributed by atoms with van der Waals surface area (Å²) in [4.78, 5) is 10.5. The van der Waals surface area contributed by atoms with Gasteiger partial charge in [-0.15, -0.1) is 0 Å². The van der Waals surface area contributed by atoms with Crippen molar-refractivity contribution >= 4 is 27.2 Å². The van der Waals surface area contributed by atoms with Crippen molar-refractivity contribution < 1.29 is 13.0 Å². The van der Waals surface area contributed by atoms with Crippen molar-refractivity contribution in [1.29, 1.82) is 0 Å². The summed E-state index contributed by atoms with van der Waals surface area (Å²) in [6.45, 7) is 1.89. The lowest BCUT2D eigenvalue weighted by Crippen LogP contribution is -2.02. The van der Waals surface area contributed by atoms with Crippen molar-refractivity contribution in [1.82, 2.24) is 0 Å². The summed E-state index contributed by atoms with van der Waals surface area (Å²) in [7, 11) is 0. The van der Waals surface area contributed by atoms with Gasteiger partial charge < -0.3 is 5.11 Å². The van der Waals surface area contributed by atoms with E-state index in [0.717, 1.165) is 5.56 Å². The zero-order valence-corrected chi connectivity index (χ0v) is 9.24. The van der Waals surface area contributed by atoms with Gasteiger partial charge in [0.25, 0.3) is 0 Å². The smallest absolute Gasteiger partial charge is 0.307 e. The van der Waals surface area contributed by atoms with Crippen LogP contribution in [0.2, 0.25) is 0 Å². The minimum Gasteiger partial charge on any atom is -0.481 e. The average Bonchev–Trinajstić information content (AvgIpc) is 2.03. The maximum Gasteiger partial charge on any atom is 0.307 e. The molecule has 3 nitrogen and oxygen atoms in total. The second-order valence-electron chi connectivity index (χ2n) is 2.74. The maximum absolute atomic E-state index is 10.8. The van der Waals surface area contributed by atoms with Crippen molar-refractivity contribution in [2.24, 2.45) is 0 Å². The molecule has 1 aromatic rings. The summed E-state index contributed by atoms with van der Waals surface area (Å²) in [6, 6.07) is 5.37. The number of halogens is 1. The number of aryl methyl sites for hydroxylation is 1.